The lowest BCUT2D eigenvalue weighted by atomic mass is 9.89. The van der Waals surface area contributed by atoms with Crippen molar-refractivity contribution in [3.63, 3.8) is 0 Å². The largest absolute Gasteiger partial charge is 0.481 e. The highest BCUT2D eigenvalue weighted by Crippen LogP contribution is 2.21. The Morgan fingerprint density at radius 3 is 2.67 bits per heavy atom. The van der Waals surface area contributed by atoms with E-state index >= 15 is 0 Å². The number of carboxylic acids is 1. The van der Waals surface area contributed by atoms with Crippen LogP contribution in [0.15, 0.2) is 24.3 Å². The Morgan fingerprint density at radius 1 is 1.44 bits per heavy atom. The summed E-state index contributed by atoms with van der Waals surface area (Å²) in [6.07, 6.45) is 0.564. The molecule has 4 heteroatoms. The average Bonchev–Trinajstić information content (AvgIpc) is 2.26. The van der Waals surface area contributed by atoms with Gasteiger partial charge in [0.2, 0.25) is 0 Å². The molecule has 100 valence electrons. The quantitative estimate of drug-likeness (QED) is 0.847. The molecule has 1 aromatic carbocycles. The summed E-state index contributed by atoms with van der Waals surface area (Å²) >= 11 is 0. The van der Waals surface area contributed by atoms with Crippen molar-refractivity contribution in [1.29, 1.82) is 0 Å². The monoisotopic (exact) mass is 253 g/mol. The molecule has 18 heavy (non-hydrogen) atoms. The first-order valence-corrected chi connectivity index (χ1v) is 5.97. The molecular weight excluding hydrogens is 233 g/mol. The second kappa shape index (κ2) is 5.96. The molecule has 0 atom stereocenters. The fraction of sp³-hybridized carbons (Fsp3) is 0.500. The lowest BCUT2D eigenvalue weighted by molar-refractivity contribution is -0.147. The molecule has 0 aliphatic rings. The van der Waals surface area contributed by atoms with Crippen LogP contribution in [0.25, 0.3) is 0 Å². The third-order valence-corrected chi connectivity index (χ3v) is 3.04. The van der Waals surface area contributed by atoms with Crippen LogP contribution in [0, 0.1) is 11.2 Å². The summed E-state index contributed by atoms with van der Waals surface area (Å²) < 4.78 is 13.0. The molecular formula is C14H20FNO2. The first kappa shape index (κ1) is 14.6. The number of carboxylic acid groups (broad SMARTS) is 1. The van der Waals surface area contributed by atoms with Crippen molar-refractivity contribution < 1.29 is 14.3 Å². The molecule has 0 saturated carbocycles. The predicted octanol–water partition coefficient (Wildman–Crippen LogP) is 2.76. The third kappa shape index (κ3) is 4.45. The Bertz CT molecular complexity index is 418. The van der Waals surface area contributed by atoms with Crippen molar-refractivity contribution in [3.05, 3.63) is 35.6 Å². The van der Waals surface area contributed by atoms with Crippen LogP contribution in [-0.2, 0) is 11.3 Å². The first-order chi connectivity index (χ1) is 8.31. The molecule has 0 bridgehead atoms. The van der Waals surface area contributed by atoms with E-state index in [4.69, 9.17) is 5.11 Å². The minimum absolute atomic E-state index is 0.244. The molecule has 0 radical (unpaired) electrons. The first-order valence-electron chi connectivity index (χ1n) is 5.97. The van der Waals surface area contributed by atoms with E-state index in [1.807, 2.05) is 18.0 Å². The summed E-state index contributed by atoms with van der Waals surface area (Å²) in [6, 6.07) is 6.46. The topological polar surface area (TPSA) is 40.5 Å². The van der Waals surface area contributed by atoms with Gasteiger partial charge in [-0.25, -0.2) is 4.39 Å². The molecule has 1 aromatic rings. The molecule has 1 N–H and O–H groups in total. The number of nitrogens with zero attached hydrogens (tertiary/aromatic N) is 1. The Kier molecular flexibility index (Phi) is 4.84. The zero-order valence-electron chi connectivity index (χ0n) is 11.1. The summed E-state index contributed by atoms with van der Waals surface area (Å²) in [5, 5.41) is 9.01. The lowest BCUT2D eigenvalue weighted by Crippen LogP contribution is -2.30. The number of hydrogen-bond donors (Lipinski definition) is 1. The second-order valence-electron chi connectivity index (χ2n) is 5.31. The van der Waals surface area contributed by atoms with Crippen LogP contribution >= 0.6 is 0 Å². The molecule has 0 aromatic heterocycles. The van der Waals surface area contributed by atoms with Gasteiger partial charge < -0.3 is 10.0 Å². The van der Waals surface area contributed by atoms with Crippen LogP contribution in [0.2, 0.25) is 0 Å². The van der Waals surface area contributed by atoms with Gasteiger partial charge in [0, 0.05) is 6.54 Å². The molecule has 0 heterocycles. The van der Waals surface area contributed by atoms with E-state index in [9.17, 15) is 9.18 Å². The van der Waals surface area contributed by atoms with Gasteiger partial charge in [0.05, 0.1) is 5.41 Å². The van der Waals surface area contributed by atoms with Crippen molar-refractivity contribution in [2.24, 2.45) is 5.41 Å². The summed E-state index contributed by atoms with van der Waals surface area (Å²) in [6.45, 7) is 4.71. The van der Waals surface area contributed by atoms with E-state index in [0.29, 0.717) is 19.5 Å². The Hall–Kier alpha value is -1.42. The van der Waals surface area contributed by atoms with E-state index in [0.717, 1.165) is 5.56 Å². The summed E-state index contributed by atoms with van der Waals surface area (Å²) in [7, 11) is 1.91. The molecule has 0 amide bonds. The number of halogens is 1. The van der Waals surface area contributed by atoms with Gasteiger partial charge in [-0.1, -0.05) is 12.1 Å². The number of rotatable bonds is 6. The van der Waals surface area contributed by atoms with Crippen LogP contribution < -0.4 is 0 Å². The highest BCUT2D eigenvalue weighted by atomic mass is 19.1. The number of hydrogen-bond acceptors (Lipinski definition) is 2. The van der Waals surface area contributed by atoms with Gasteiger partial charge in [0.25, 0.3) is 0 Å². The molecule has 0 aliphatic carbocycles. The minimum Gasteiger partial charge on any atom is -0.481 e. The molecule has 0 unspecified atom stereocenters. The van der Waals surface area contributed by atoms with E-state index in [1.54, 1.807) is 19.9 Å². The lowest BCUT2D eigenvalue weighted by Gasteiger charge is -2.23. The van der Waals surface area contributed by atoms with Crippen molar-refractivity contribution in [2.45, 2.75) is 26.8 Å². The maximum atomic E-state index is 13.0. The SMILES string of the molecule is CN(CCC(C)(C)C(=O)O)Cc1cccc(F)c1. The summed E-state index contributed by atoms with van der Waals surface area (Å²) in [4.78, 5) is 13.0. The maximum absolute atomic E-state index is 13.0. The van der Waals surface area contributed by atoms with Crippen LogP contribution in [0.5, 0.6) is 0 Å². The summed E-state index contributed by atoms with van der Waals surface area (Å²) in [5.74, 6) is -1.03. The highest BCUT2D eigenvalue weighted by molar-refractivity contribution is 5.73. The fourth-order valence-electron chi connectivity index (χ4n) is 1.60. The molecule has 0 aliphatic heterocycles. The molecule has 0 spiro atoms. The van der Waals surface area contributed by atoms with Gasteiger partial charge in [-0.15, -0.1) is 0 Å². The second-order valence-corrected chi connectivity index (χ2v) is 5.31. The average molecular weight is 253 g/mol. The van der Waals surface area contributed by atoms with Gasteiger partial charge in [-0.3, -0.25) is 4.79 Å². The summed E-state index contributed by atoms with van der Waals surface area (Å²) in [5.41, 5.74) is 0.168. The van der Waals surface area contributed by atoms with E-state index in [1.165, 1.54) is 12.1 Å². The zero-order chi connectivity index (χ0) is 13.8. The van der Waals surface area contributed by atoms with Gasteiger partial charge in [0.1, 0.15) is 5.82 Å². The normalized spacial score (nSPS) is 11.8. The van der Waals surface area contributed by atoms with Crippen LogP contribution in [0.3, 0.4) is 0 Å². The van der Waals surface area contributed by atoms with E-state index < -0.39 is 11.4 Å². The maximum Gasteiger partial charge on any atom is 0.309 e. The van der Waals surface area contributed by atoms with Gasteiger partial charge in [-0.2, -0.15) is 0 Å². The smallest absolute Gasteiger partial charge is 0.309 e. The van der Waals surface area contributed by atoms with Crippen molar-refractivity contribution in [2.75, 3.05) is 13.6 Å². The van der Waals surface area contributed by atoms with Crippen LogP contribution in [0.4, 0.5) is 4.39 Å². The van der Waals surface area contributed by atoms with Crippen molar-refractivity contribution in [3.8, 4) is 0 Å². The Balaban J connectivity index is 2.47. The highest BCUT2D eigenvalue weighted by Gasteiger charge is 2.26. The van der Waals surface area contributed by atoms with Crippen LogP contribution in [-0.4, -0.2) is 29.6 Å². The number of benzene rings is 1. The molecule has 3 nitrogen and oxygen atoms in total. The molecule has 1 rings (SSSR count). The van der Waals surface area contributed by atoms with Crippen molar-refractivity contribution in [1.82, 2.24) is 4.90 Å². The minimum atomic E-state index is -0.790. The molecule has 0 fully saturated rings. The zero-order valence-corrected chi connectivity index (χ0v) is 11.1. The van der Waals surface area contributed by atoms with Crippen molar-refractivity contribution >= 4 is 5.97 Å². The molecule has 0 saturated heterocycles. The number of carbonyl (C=O) groups is 1. The van der Waals surface area contributed by atoms with E-state index in [2.05, 4.69) is 0 Å². The fourth-order valence-corrected chi connectivity index (χ4v) is 1.60. The third-order valence-electron chi connectivity index (χ3n) is 3.04. The van der Waals surface area contributed by atoms with Gasteiger partial charge in [-0.05, 0) is 51.6 Å². The van der Waals surface area contributed by atoms with E-state index in [-0.39, 0.29) is 5.82 Å². The standard InChI is InChI=1S/C14H20FNO2/c1-14(2,13(17)18)7-8-16(3)10-11-5-4-6-12(15)9-11/h4-6,9H,7-8,10H2,1-3H3,(H,17,18). The number of aliphatic carboxylic acids is 1. The Morgan fingerprint density at radius 2 is 2.11 bits per heavy atom. The van der Waals surface area contributed by atoms with Gasteiger partial charge in [0.15, 0.2) is 0 Å². The Labute approximate surface area is 107 Å². The predicted molar refractivity (Wildman–Crippen MR) is 68.8 cm³/mol. The van der Waals surface area contributed by atoms with Gasteiger partial charge >= 0.3 is 5.97 Å². The van der Waals surface area contributed by atoms with Crippen LogP contribution in [0.1, 0.15) is 25.8 Å².